The zero-order valence-corrected chi connectivity index (χ0v) is 8.95. The number of hydrogen-bond acceptors (Lipinski definition) is 3. The Kier molecular flexibility index (Phi) is 3.92. The Hall–Kier alpha value is -1.77. The largest absolute Gasteiger partial charge is 0.496 e. The first kappa shape index (κ1) is 11.3. The standard InChI is InChI=1S/C12H14O3/c1-4-5-9-6-7-10(12(13)15-3)8-11(9)14-2/h4,6-8H,1,5H2,2-3H3. The first-order chi connectivity index (χ1) is 7.22. The monoisotopic (exact) mass is 206 g/mol. The van der Waals surface area contributed by atoms with Crippen LogP contribution in [0.2, 0.25) is 0 Å². The molecule has 0 heterocycles. The van der Waals surface area contributed by atoms with Gasteiger partial charge in [0, 0.05) is 0 Å². The number of allylic oxidation sites excluding steroid dienone is 1. The predicted octanol–water partition coefficient (Wildman–Crippen LogP) is 2.21. The van der Waals surface area contributed by atoms with E-state index in [-0.39, 0.29) is 5.97 Å². The molecule has 0 aliphatic carbocycles. The third-order valence-corrected chi connectivity index (χ3v) is 2.07. The van der Waals surface area contributed by atoms with Gasteiger partial charge in [0.2, 0.25) is 0 Å². The number of carbonyl (C=O) groups is 1. The molecule has 0 saturated carbocycles. The summed E-state index contributed by atoms with van der Waals surface area (Å²) in [7, 11) is 2.93. The third-order valence-electron chi connectivity index (χ3n) is 2.07. The van der Waals surface area contributed by atoms with Crippen LogP contribution in [0.25, 0.3) is 0 Å². The van der Waals surface area contributed by atoms with Gasteiger partial charge in [0.15, 0.2) is 0 Å². The van der Waals surface area contributed by atoms with Crippen LogP contribution in [0.4, 0.5) is 0 Å². The van der Waals surface area contributed by atoms with E-state index in [1.54, 1.807) is 25.3 Å². The number of ether oxygens (including phenoxy) is 2. The van der Waals surface area contributed by atoms with Crippen molar-refractivity contribution in [1.29, 1.82) is 0 Å². The first-order valence-corrected chi connectivity index (χ1v) is 4.59. The fourth-order valence-electron chi connectivity index (χ4n) is 1.31. The average molecular weight is 206 g/mol. The molecule has 3 heteroatoms. The average Bonchev–Trinajstić information content (AvgIpc) is 2.29. The number of methoxy groups -OCH3 is 2. The van der Waals surface area contributed by atoms with E-state index in [1.807, 2.05) is 6.07 Å². The number of rotatable bonds is 4. The van der Waals surface area contributed by atoms with Crippen molar-refractivity contribution < 1.29 is 14.3 Å². The van der Waals surface area contributed by atoms with Crippen molar-refractivity contribution in [3.63, 3.8) is 0 Å². The van der Waals surface area contributed by atoms with Crippen molar-refractivity contribution in [2.45, 2.75) is 6.42 Å². The third kappa shape index (κ3) is 2.59. The normalized spacial score (nSPS) is 9.47. The van der Waals surface area contributed by atoms with E-state index in [9.17, 15) is 4.79 Å². The molecule has 0 fully saturated rings. The fourth-order valence-corrected chi connectivity index (χ4v) is 1.31. The maximum absolute atomic E-state index is 11.3. The van der Waals surface area contributed by atoms with Crippen LogP contribution in [0.5, 0.6) is 5.75 Å². The zero-order chi connectivity index (χ0) is 11.3. The molecule has 0 amide bonds. The molecule has 0 N–H and O–H groups in total. The molecule has 3 nitrogen and oxygen atoms in total. The SMILES string of the molecule is C=CCc1ccc(C(=O)OC)cc1OC. The Morgan fingerprint density at radius 1 is 1.47 bits per heavy atom. The summed E-state index contributed by atoms with van der Waals surface area (Å²) in [4.78, 5) is 11.3. The van der Waals surface area contributed by atoms with Crippen molar-refractivity contribution in [2.75, 3.05) is 14.2 Å². The van der Waals surface area contributed by atoms with Gasteiger partial charge in [-0.05, 0) is 24.1 Å². The Balaban J connectivity index is 3.06. The highest BCUT2D eigenvalue weighted by Gasteiger charge is 2.09. The maximum atomic E-state index is 11.3. The minimum absolute atomic E-state index is 0.363. The molecular formula is C12H14O3. The molecule has 0 atom stereocenters. The van der Waals surface area contributed by atoms with Crippen LogP contribution in [0.3, 0.4) is 0 Å². The van der Waals surface area contributed by atoms with Crippen LogP contribution < -0.4 is 4.74 Å². The highest BCUT2D eigenvalue weighted by Crippen LogP contribution is 2.21. The molecule has 0 bridgehead atoms. The van der Waals surface area contributed by atoms with Crippen LogP contribution in [0.1, 0.15) is 15.9 Å². The molecule has 0 aliphatic rings. The summed E-state index contributed by atoms with van der Waals surface area (Å²) in [6, 6.07) is 5.23. The van der Waals surface area contributed by atoms with Crippen molar-refractivity contribution in [1.82, 2.24) is 0 Å². The van der Waals surface area contributed by atoms with Crippen molar-refractivity contribution in [3.8, 4) is 5.75 Å². The lowest BCUT2D eigenvalue weighted by atomic mass is 10.1. The van der Waals surface area contributed by atoms with E-state index < -0.39 is 0 Å². The van der Waals surface area contributed by atoms with Gasteiger partial charge in [-0.3, -0.25) is 0 Å². The van der Waals surface area contributed by atoms with Gasteiger partial charge in [-0.15, -0.1) is 6.58 Å². The molecule has 0 spiro atoms. The molecule has 1 aromatic carbocycles. The Bertz CT molecular complexity index is 369. The molecule has 0 radical (unpaired) electrons. The summed E-state index contributed by atoms with van der Waals surface area (Å²) >= 11 is 0. The van der Waals surface area contributed by atoms with Crippen LogP contribution in [0.15, 0.2) is 30.9 Å². The molecule has 80 valence electrons. The van der Waals surface area contributed by atoms with E-state index in [0.29, 0.717) is 17.7 Å². The quantitative estimate of drug-likeness (QED) is 0.559. The lowest BCUT2D eigenvalue weighted by Gasteiger charge is -2.08. The zero-order valence-electron chi connectivity index (χ0n) is 8.95. The summed E-state index contributed by atoms with van der Waals surface area (Å²) in [6.45, 7) is 3.66. The molecule has 1 aromatic rings. The number of esters is 1. The summed E-state index contributed by atoms with van der Waals surface area (Å²) in [5.74, 6) is 0.316. The van der Waals surface area contributed by atoms with E-state index in [4.69, 9.17) is 4.74 Å². The summed E-state index contributed by atoms with van der Waals surface area (Å²) in [5, 5.41) is 0. The smallest absolute Gasteiger partial charge is 0.337 e. The van der Waals surface area contributed by atoms with Gasteiger partial charge in [-0.1, -0.05) is 12.1 Å². The fraction of sp³-hybridized carbons (Fsp3) is 0.250. The highest BCUT2D eigenvalue weighted by molar-refractivity contribution is 5.89. The minimum Gasteiger partial charge on any atom is -0.496 e. The molecule has 0 aliphatic heterocycles. The first-order valence-electron chi connectivity index (χ1n) is 4.59. The Morgan fingerprint density at radius 2 is 2.20 bits per heavy atom. The van der Waals surface area contributed by atoms with Gasteiger partial charge in [-0.25, -0.2) is 4.79 Å². The lowest BCUT2D eigenvalue weighted by Crippen LogP contribution is -2.02. The molecule has 0 unspecified atom stereocenters. The maximum Gasteiger partial charge on any atom is 0.337 e. The van der Waals surface area contributed by atoms with Crippen LogP contribution in [0, 0.1) is 0 Å². The lowest BCUT2D eigenvalue weighted by molar-refractivity contribution is 0.0600. The number of benzene rings is 1. The van der Waals surface area contributed by atoms with E-state index in [2.05, 4.69) is 11.3 Å². The highest BCUT2D eigenvalue weighted by atomic mass is 16.5. The van der Waals surface area contributed by atoms with Gasteiger partial charge in [0.25, 0.3) is 0 Å². The topological polar surface area (TPSA) is 35.5 Å². The van der Waals surface area contributed by atoms with E-state index in [0.717, 1.165) is 5.56 Å². The molecule has 0 aromatic heterocycles. The second-order valence-electron chi connectivity index (χ2n) is 3.01. The number of hydrogen-bond donors (Lipinski definition) is 0. The van der Waals surface area contributed by atoms with E-state index in [1.165, 1.54) is 7.11 Å². The van der Waals surface area contributed by atoms with Crippen LogP contribution >= 0.6 is 0 Å². The van der Waals surface area contributed by atoms with Gasteiger partial charge in [-0.2, -0.15) is 0 Å². The van der Waals surface area contributed by atoms with Crippen LogP contribution in [-0.4, -0.2) is 20.2 Å². The molecule has 1 rings (SSSR count). The Labute approximate surface area is 89.3 Å². The summed E-state index contributed by atoms with van der Waals surface area (Å²) < 4.78 is 9.80. The molecular weight excluding hydrogens is 192 g/mol. The number of carbonyl (C=O) groups excluding carboxylic acids is 1. The van der Waals surface area contributed by atoms with Gasteiger partial charge in [0.05, 0.1) is 19.8 Å². The summed E-state index contributed by atoms with van der Waals surface area (Å²) in [5.41, 5.74) is 1.49. The van der Waals surface area contributed by atoms with Gasteiger partial charge < -0.3 is 9.47 Å². The second-order valence-corrected chi connectivity index (χ2v) is 3.01. The Morgan fingerprint density at radius 3 is 2.73 bits per heavy atom. The van der Waals surface area contributed by atoms with E-state index >= 15 is 0 Å². The summed E-state index contributed by atoms with van der Waals surface area (Å²) in [6.07, 6.45) is 2.50. The molecule has 0 saturated heterocycles. The molecule has 15 heavy (non-hydrogen) atoms. The van der Waals surface area contributed by atoms with Crippen molar-refractivity contribution in [3.05, 3.63) is 42.0 Å². The van der Waals surface area contributed by atoms with Crippen molar-refractivity contribution >= 4 is 5.97 Å². The second kappa shape index (κ2) is 5.20. The van der Waals surface area contributed by atoms with Gasteiger partial charge >= 0.3 is 5.97 Å². The van der Waals surface area contributed by atoms with Crippen LogP contribution in [-0.2, 0) is 11.2 Å². The minimum atomic E-state index is -0.363. The predicted molar refractivity (Wildman–Crippen MR) is 58.2 cm³/mol. The van der Waals surface area contributed by atoms with Gasteiger partial charge in [0.1, 0.15) is 5.75 Å². The van der Waals surface area contributed by atoms with Crippen molar-refractivity contribution in [2.24, 2.45) is 0 Å².